The lowest BCUT2D eigenvalue weighted by molar-refractivity contribution is -0.138. The van der Waals surface area contributed by atoms with Crippen molar-refractivity contribution in [3.8, 4) is 5.75 Å². The molecule has 2 atom stereocenters. The van der Waals surface area contributed by atoms with Crippen molar-refractivity contribution >= 4 is 5.97 Å². The molecule has 2 unspecified atom stereocenters. The Bertz CT molecular complexity index is 448. The third-order valence-corrected chi connectivity index (χ3v) is 3.20. The van der Waals surface area contributed by atoms with Gasteiger partial charge in [-0.25, -0.2) is 8.78 Å². The summed E-state index contributed by atoms with van der Waals surface area (Å²) in [5, 5.41) is 8.77. The molecule has 18 heavy (non-hydrogen) atoms. The lowest BCUT2D eigenvalue weighted by Gasteiger charge is -2.20. The molecule has 1 saturated carbocycles. The van der Waals surface area contributed by atoms with E-state index in [1.165, 1.54) is 6.07 Å². The average molecular weight is 256 g/mol. The molecule has 0 heterocycles. The van der Waals surface area contributed by atoms with E-state index < -0.39 is 17.6 Å². The zero-order chi connectivity index (χ0) is 13.1. The molecule has 0 saturated heterocycles. The van der Waals surface area contributed by atoms with Crippen LogP contribution >= 0.6 is 0 Å². The first-order valence-corrected chi connectivity index (χ1v) is 5.90. The molecule has 98 valence electrons. The van der Waals surface area contributed by atoms with Crippen LogP contribution in [0.2, 0.25) is 0 Å². The van der Waals surface area contributed by atoms with E-state index in [0.29, 0.717) is 0 Å². The summed E-state index contributed by atoms with van der Waals surface area (Å²) < 4.78 is 31.3. The second kappa shape index (κ2) is 5.33. The lowest BCUT2D eigenvalue weighted by Crippen LogP contribution is -2.23. The highest BCUT2D eigenvalue weighted by Crippen LogP contribution is 2.32. The van der Waals surface area contributed by atoms with E-state index in [0.717, 1.165) is 31.4 Å². The third-order valence-electron chi connectivity index (χ3n) is 3.20. The Morgan fingerprint density at radius 1 is 1.33 bits per heavy atom. The lowest BCUT2D eigenvalue weighted by atomic mass is 10.0. The van der Waals surface area contributed by atoms with Crippen LogP contribution in [-0.2, 0) is 4.79 Å². The van der Waals surface area contributed by atoms with Gasteiger partial charge in [0.05, 0.1) is 6.42 Å². The van der Waals surface area contributed by atoms with Crippen molar-refractivity contribution in [2.75, 3.05) is 0 Å². The normalized spacial score (nSPS) is 23.0. The van der Waals surface area contributed by atoms with E-state index in [-0.39, 0.29) is 24.2 Å². The first kappa shape index (κ1) is 12.8. The zero-order valence-electron chi connectivity index (χ0n) is 9.73. The maximum atomic E-state index is 13.0. The van der Waals surface area contributed by atoms with Gasteiger partial charge in [0.2, 0.25) is 0 Å². The van der Waals surface area contributed by atoms with Crippen LogP contribution in [0, 0.1) is 17.6 Å². The molecular formula is C13H14F2O3. The highest BCUT2D eigenvalue weighted by molar-refractivity contribution is 5.67. The summed E-state index contributed by atoms with van der Waals surface area (Å²) >= 11 is 0. The van der Waals surface area contributed by atoms with Gasteiger partial charge in [0.15, 0.2) is 11.6 Å². The Balaban J connectivity index is 2.03. The van der Waals surface area contributed by atoms with Crippen molar-refractivity contribution in [1.82, 2.24) is 0 Å². The zero-order valence-corrected chi connectivity index (χ0v) is 9.73. The van der Waals surface area contributed by atoms with Crippen molar-refractivity contribution in [3.05, 3.63) is 29.8 Å². The van der Waals surface area contributed by atoms with Crippen LogP contribution in [0.25, 0.3) is 0 Å². The van der Waals surface area contributed by atoms with Gasteiger partial charge >= 0.3 is 5.97 Å². The van der Waals surface area contributed by atoms with E-state index >= 15 is 0 Å². The molecule has 1 N–H and O–H groups in total. The maximum absolute atomic E-state index is 13.0. The number of ether oxygens (including phenoxy) is 1. The first-order valence-electron chi connectivity index (χ1n) is 5.90. The molecule has 0 bridgehead atoms. The van der Waals surface area contributed by atoms with Gasteiger partial charge in [-0.15, -0.1) is 0 Å². The van der Waals surface area contributed by atoms with Gasteiger partial charge in [-0.2, -0.15) is 0 Å². The first-order chi connectivity index (χ1) is 8.56. The number of rotatable bonds is 4. The number of benzene rings is 1. The van der Waals surface area contributed by atoms with Gasteiger partial charge in [0.25, 0.3) is 0 Å². The minimum absolute atomic E-state index is 0.0499. The highest BCUT2D eigenvalue weighted by atomic mass is 19.2. The molecule has 3 nitrogen and oxygen atoms in total. The molecule has 1 aromatic rings. The number of aliphatic carboxylic acids is 1. The van der Waals surface area contributed by atoms with E-state index in [4.69, 9.17) is 9.84 Å². The van der Waals surface area contributed by atoms with Crippen LogP contribution in [0.5, 0.6) is 5.75 Å². The fraction of sp³-hybridized carbons (Fsp3) is 0.462. The molecular weight excluding hydrogens is 242 g/mol. The minimum atomic E-state index is -0.958. The molecule has 1 aliphatic rings. The molecule has 1 aliphatic carbocycles. The Labute approximate surface area is 103 Å². The van der Waals surface area contributed by atoms with Crippen LogP contribution in [0.4, 0.5) is 8.78 Å². The van der Waals surface area contributed by atoms with Crippen LogP contribution in [0.15, 0.2) is 18.2 Å². The summed E-state index contributed by atoms with van der Waals surface area (Å²) in [7, 11) is 0. The monoisotopic (exact) mass is 256 g/mol. The molecule has 0 aliphatic heterocycles. The minimum Gasteiger partial charge on any atom is -0.490 e. The molecule has 0 spiro atoms. The average Bonchev–Trinajstić information content (AvgIpc) is 2.70. The summed E-state index contributed by atoms with van der Waals surface area (Å²) in [6, 6.07) is 3.35. The predicted molar refractivity (Wildman–Crippen MR) is 60.4 cm³/mol. The quantitative estimate of drug-likeness (QED) is 0.900. The molecule has 0 amide bonds. The van der Waals surface area contributed by atoms with Crippen LogP contribution in [0.3, 0.4) is 0 Å². The smallest absolute Gasteiger partial charge is 0.303 e. The highest BCUT2D eigenvalue weighted by Gasteiger charge is 2.30. The standard InChI is InChI=1S/C13H14F2O3/c14-10-5-4-9(7-11(10)15)18-12-3-1-2-8(12)6-13(16)17/h4-5,7-8,12H,1-3,6H2,(H,16,17). The van der Waals surface area contributed by atoms with Gasteiger partial charge in [0, 0.05) is 12.0 Å². The topological polar surface area (TPSA) is 46.5 Å². The van der Waals surface area contributed by atoms with Crippen LogP contribution in [-0.4, -0.2) is 17.2 Å². The number of carboxylic acid groups (broad SMARTS) is 1. The Morgan fingerprint density at radius 3 is 2.78 bits per heavy atom. The fourth-order valence-corrected chi connectivity index (χ4v) is 2.34. The van der Waals surface area contributed by atoms with Crippen molar-refractivity contribution in [2.45, 2.75) is 31.8 Å². The summed E-state index contributed by atoms with van der Waals surface area (Å²) in [6.07, 6.45) is 2.25. The van der Waals surface area contributed by atoms with Gasteiger partial charge in [-0.3, -0.25) is 4.79 Å². The summed E-state index contributed by atoms with van der Waals surface area (Å²) in [5.41, 5.74) is 0. The van der Waals surface area contributed by atoms with E-state index in [1.54, 1.807) is 0 Å². The number of hydrogen-bond acceptors (Lipinski definition) is 2. The summed E-state index contributed by atoms with van der Waals surface area (Å²) in [4.78, 5) is 10.7. The van der Waals surface area contributed by atoms with E-state index in [2.05, 4.69) is 0 Å². The van der Waals surface area contributed by atoms with Gasteiger partial charge in [-0.1, -0.05) is 0 Å². The molecule has 2 rings (SSSR count). The third kappa shape index (κ3) is 2.97. The SMILES string of the molecule is O=C(O)CC1CCCC1Oc1ccc(F)c(F)c1. The Morgan fingerprint density at radius 2 is 2.11 bits per heavy atom. The Kier molecular flexibility index (Phi) is 3.79. The fourth-order valence-electron chi connectivity index (χ4n) is 2.34. The maximum Gasteiger partial charge on any atom is 0.303 e. The number of halogens is 2. The molecule has 0 aromatic heterocycles. The van der Waals surface area contributed by atoms with Gasteiger partial charge < -0.3 is 9.84 Å². The van der Waals surface area contributed by atoms with E-state index in [9.17, 15) is 13.6 Å². The number of carboxylic acids is 1. The molecule has 1 aromatic carbocycles. The molecule has 0 radical (unpaired) electrons. The van der Waals surface area contributed by atoms with Crippen molar-refractivity contribution in [1.29, 1.82) is 0 Å². The van der Waals surface area contributed by atoms with Crippen LogP contribution < -0.4 is 4.74 Å². The second-order valence-corrected chi connectivity index (χ2v) is 4.52. The van der Waals surface area contributed by atoms with Crippen molar-refractivity contribution in [3.63, 3.8) is 0 Å². The molecule has 1 fully saturated rings. The summed E-state index contributed by atoms with van der Waals surface area (Å²) in [6.45, 7) is 0. The van der Waals surface area contributed by atoms with Gasteiger partial charge in [0.1, 0.15) is 11.9 Å². The summed E-state index contributed by atoms with van der Waals surface area (Å²) in [5.74, 6) is -2.55. The Hall–Kier alpha value is -1.65. The second-order valence-electron chi connectivity index (χ2n) is 4.52. The van der Waals surface area contributed by atoms with Crippen molar-refractivity contribution < 1.29 is 23.4 Å². The predicted octanol–water partition coefficient (Wildman–Crippen LogP) is 2.99. The molecule has 5 heteroatoms. The van der Waals surface area contributed by atoms with E-state index in [1.807, 2.05) is 0 Å². The number of carbonyl (C=O) groups is 1. The number of hydrogen-bond donors (Lipinski definition) is 1. The largest absolute Gasteiger partial charge is 0.490 e. The van der Waals surface area contributed by atoms with Crippen molar-refractivity contribution in [2.24, 2.45) is 5.92 Å². The van der Waals surface area contributed by atoms with Gasteiger partial charge in [-0.05, 0) is 31.4 Å². The van der Waals surface area contributed by atoms with Crippen LogP contribution in [0.1, 0.15) is 25.7 Å².